The molecule has 182 valence electrons. The van der Waals surface area contributed by atoms with Crippen molar-refractivity contribution in [1.82, 2.24) is 14.8 Å². The van der Waals surface area contributed by atoms with E-state index in [1.54, 1.807) is 25.1 Å². The van der Waals surface area contributed by atoms with Crippen LogP contribution in [0.3, 0.4) is 0 Å². The van der Waals surface area contributed by atoms with Crippen molar-refractivity contribution >= 4 is 17.7 Å². The Kier molecular flexibility index (Phi) is 6.40. The van der Waals surface area contributed by atoms with Gasteiger partial charge in [-0.2, -0.15) is 0 Å². The van der Waals surface area contributed by atoms with Crippen LogP contribution in [0.2, 0.25) is 0 Å². The molecule has 4 rings (SSSR count). The fourth-order valence-corrected chi connectivity index (χ4v) is 4.77. The Labute approximate surface area is 199 Å². The highest BCUT2D eigenvalue weighted by Gasteiger charge is 2.50. The molecule has 34 heavy (non-hydrogen) atoms. The van der Waals surface area contributed by atoms with Gasteiger partial charge in [-0.25, -0.2) is 4.79 Å². The lowest BCUT2D eigenvalue weighted by atomic mass is 9.91. The lowest BCUT2D eigenvalue weighted by Crippen LogP contribution is -2.41. The van der Waals surface area contributed by atoms with E-state index >= 15 is 0 Å². The Morgan fingerprint density at radius 3 is 2.56 bits per heavy atom. The van der Waals surface area contributed by atoms with E-state index in [2.05, 4.69) is 9.88 Å². The van der Waals surface area contributed by atoms with Gasteiger partial charge in [0.05, 0.1) is 26.9 Å². The summed E-state index contributed by atoms with van der Waals surface area (Å²) in [5.41, 5.74) is 1.48. The number of rotatable bonds is 8. The standard InChI is InChI=1S/C25H31N3O6/c1-15-11-19(16(2)27(15)13-18-7-6-10-34-18)20(29)14-28-23(30)25(3,26-24(28)31)17-8-9-21(32-4)22(12-17)33-5/h8-9,11-12,18H,6-7,10,13-14H2,1-5H3,(H,26,31)/t18-,25-/m1/s1. The van der Waals surface area contributed by atoms with Gasteiger partial charge in [0, 0.05) is 30.1 Å². The quantitative estimate of drug-likeness (QED) is 0.471. The molecule has 0 bridgehead atoms. The summed E-state index contributed by atoms with van der Waals surface area (Å²) in [6.07, 6.45) is 2.18. The van der Waals surface area contributed by atoms with E-state index in [0.29, 0.717) is 29.2 Å². The first kappa shape index (κ1) is 23.8. The minimum Gasteiger partial charge on any atom is -0.493 e. The topological polar surface area (TPSA) is 99.1 Å². The molecule has 2 atom stereocenters. The van der Waals surface area contributed by atoms with Gasteiger partial charge in [-0.15, -0.1) is 0 Å². The number of carbonyl (C=O) groups is 3. The molecular weight excluding hydrogens is 438 g/mol. The van der Waals surface area contributed by atoms with Crippen molar-refractivity contribution in [2.45, 2.75) is 51.8 Å². The van der Waals surface area contributed by atoms with Gasteiger partial charge >= 0.3 is 6.03 Å². The van der Waals surface area contributed by atoms with E-state index in [1.165, 1.54) is 14.2 Å². The van der Waals surface area contributed by atoms with Crippen LogP contribution < -0.4 is 14.8 Å². The third kappa shape index (κ3) is 4.04. The van der Waals surface area contributed by atoms with Crippen LogP contribution >= 0.6 is 0 Å². The number of aryl methyl sites for hydroxylation is 1. The second-order valence-electron chi connectivity index (χ2n) is 8.97. The number of hydrogen-bond acceptors (Lipinski definition) is 6. The van der Waals surface area contributed by atoms with E-state index < -0.39 is 17.5 Å². The van der Waals surface area contributed by atoms with Gasteiger partial charge in [0.25, 0.3) is 5.91 Å². The van der Waals surface area contributed by atoms with Gasteiger partial charge in [-0.3, -0.25) is 14.5 Å². The Morgan fingerprint density at radius 1 is 1.18 bits per heavy atom. The molecule has 2 aliphatic rings. The molecule has 2 fully saturated rings. The minimum absolute atomic E-state index is 0.140. The van der Waals surface area contributed by atoms with Crippen LogP contribution in [0.5, 0.6) is 11.5 Å². The molecule has 3 heterocycles. The summed E-state index contributed by atoms with van der Waals surface area (Å²) in [7, 11) is 3.02. The minimum atomic E-state index is -1.33. The largest absolute Gasteiger partial charge is 0.493 e. The molecule has 1 aromatic carbocycles. The fourth-order valence-electron chi connectivity index (χ4n) is 4.77. The predicted molar refractivity (Wildman–Crippen MR) is 124 cm³/mol. The summed E-state index contributed by atoms with van der Waals surface area (Å²) < 4.78 is 18.4. The number of ether oxygens (including phenoxy) is 3. The number of urea groups is 1. The number of amides is 3. The van der Waals surface area contributed by atoms with Crippen molar-refractivity contribution in [2.24, 2.45) is 0 Å². The number of aromatic nitrogens is 1. The average Bonchev–Trinajstić information content (AvgIpc) is 3.50. The van der Waals surface area contributed by atoms with Crippen LogP contribution in [0.25, 0.3) is 0 Å². The molecule has 9 heteroatoms. The zero-order valence-electron chi connectivity index (χ0n) is 20.3. The van der Waals surface area contributed by atoms with Crippen LogP contribution in [0, 0.1) is 13.8 Å². The molecule has 2 saturated heterocycles. The van der Waals surface area contributed by atoms with E-state index in [9.17, 15) is 14.4 Å². The molecule has 1 N–H and O–H groups in total. The van der Waals surface area contributed by atoms with Gasteiger partial charge in [-0.05, 0) is 57.4 Å². The first-order chi connectivity index (χ1) is 16.2. The number of nitrogens with one attached hydrogen (secondary N) is 1. The number of Topliss-reactive ketones (excluding diaryl/α,β-unsaturated/α-hetero) is 1. The zero-order valence-corrected chi connectivity index (χ0v) is 20.3. The first-order valence-electron chi connectivity index (χ1n) is 11.4. The summed E-state index contributed by atoms with van der Waals surface area (Å²) in [4.78, 5) is 40.3. The molecule has 2 aliphatic heterocycles. The summed E-state index contributed by atoms with van der Waals surface area (Å²) in [5, 5.41) is 2.74. The van der Waals surface area contributed by atoms with E-state index in [-0.39, 0.29) is 18.4 Å². The molecule has 0 aliphatic carbocycles. The summed E-state index contributed by atoms with van der Waals surface area (Å²) in [5.74, 6) is 0.173. The zero-order chi connectivity index (χ0) is 24.6. The smallest absolute Gasteiger partial charge is 0.325 e. The van der Waals surface area contributed by atoms with Crippen molar-refractivity contribution in [3.8, 4) is 11.5 Å². The number of imide groups is 1. The second kappa shape index (κ2) is 9.13. The van der Waals surface area contributed by atoms with E-state index in [1.807, 2.05) is 19.9 Å². The molecule has 0 radical (unpaired) electrons. The number of hydrogen-bond donors (Lipinski definition) is 1. The molecule has 3 amide bonds. The van der Waals surface area contributed by atoms with Crippen LogP contribution in [-0.2, 0) is 21.6 Å². The lowest BCUT2D eigenvalue weighted by molar-refractivity contribution is -0.130. The predicted octanol–water partition coefficient (Wildman–Crippen LogP) is 2.95. The highest BCUT2D eigenvalue weighted by atomic mass is 16.5. The van der Waals surface area contributed by atoms with Crippen molar-refractivity contribution < 1.29 is 28.6 Å². The van der Waals surface area contributed by atoms with Crippen LogP contribution in [-0.4, -0.2) is 60.7 Å². The van der Waals surface area contributed by atoms with Crippen molar-refractivity contribution in [3.63, 3.8) is 0 Å². The Bertz CT molecular complexity index is 1130. The van der Waals surface area contributed by atoms with Gasteiger partial charge in [-0.1, -0.05) is 6.07 Å². The highest BCUT2D eigenvalue weighted by Crippen LogP contribution is 2.35. The summed E-state index contributed by atoms with van der Waals surface area (Å²) >= 11 is 0. The Morgan fingerprint density at radius 2 is 1.91 bits per heavy atom. The van der Waals surface area contributed by atoms with Gasteiger partial charge in [0.1, 0.15) is 5.54 Å². The Balaban J connectivity index is 1.54. The maximum atomic E-state index is 13.3. The molecule has 0 saturated carbocycles. The number of ketones is 1. The molecule has 1 aromatic heterocycles. The maximum Gasteiger partial charge on any atom is 0.325 e. The van der Waals surface area contributed by atoms with E-state index in [4.69, 9.17) is 14.2 Å². The monoisotopic (exact) mass is 469 g/mol. The van der Waals surface area contributed by atoms with Gasteiger partial charge in [0.15, 0.2) is 17.3 Å². The summed E-state index contributed by atoms with van der Waals surface area (Å²) in [6.45, 7) is 6.56. The van der Waals surface area contributed by atoms with Crippen molar-refractivity contribution in [2.75, 3.05) is 27.4 Å². The number of nitrogens with zero attached hydrogens (tertiary/aromatic N) is 2. The average molecular weight is 470 g/mol. The number of methoxy groups -OCH3 is 2. The van der Waals surface area contributed by atoms with Crippen LogP contribution in [0.4, 0.5) is 4.79 Å². The van der Waals surface area contributed by atoms with Crippen LogP contribution in [0.1, 0.15) is 47.1 Å². The third-order valence-electron chi connectivity index (χ3n) is 6.82. The molecule has 2 aromatic rings. The summed E-state index contributed by atoms with van der Waals surface area (Å²) in [6, 6.07) is 6.24. The first-order valence-corrected chi connectivity index (χ1v) is 11.4. The number of carbonyl (C=O) groups excluding carboxylic acids is 3. The third-order valence-corrected chi connectivity index (χ3v) is 6.82. The molecular formula is C25H31N3O6. The normalized spacial score (nSPS) is 22.3. The van der Waals surface area contributed by atoms with Crippen molar-refractivity contribution in [1.29, 1.82) is 0 Å². The lowest BCUT2D eigenvalue weighted by Gasteiger charge is -2.23. The maximum absolute atomic E-state index is 13.3. The van der Waals surface area contributed by atoms with Gasteiger partial charge < -0.3 is 24.1 Å². The number of benzene rings is 1. The Hall–Kier alpha value is -3.33. The second-order valence-corrected chi connectivity index (χ2v) is 8.97. The molecule has 0 unspecified atom stereocenters. The fraction of sp³-hybridized carbons (Fsp3) is 0.480. The van der Waals surface area contributed by atoms with Gasteiger partial charge in [0.2, 0.25) is 0 Å². The van der Waals surface area contributed by atoms with Crippen LogP contribution in [0.15, 0.2) is 24.3 Å². The van der Waals surface area contributed by atoms with Crippen molar-refractivity contribution in [3.05, 3.63) is 46.8 Å². The SMILES string of the molecule is COc1ccc([C@@]2(C)NC(=O)N(CC(=O)c3cc(C)n(C[C@H]4CCCO4)c3C)C2=O)cc1OC. The van der Waals surface area contributed by atoms with E-state index in [0.717, 1.165) is 35.7 Å². The molecule has 9 nitrogen and oxygen atoms in total. The molecule has 0 spiro atoms. The highest BCUT2D eigenvalue weighted by molar-refractivity contribution is 6.11.